The molecule has 0 saturated carbocycles. The highest BCUT2D eigenvalue weighted by atomic mass is 32.2. The van der Waals surface area contributed by atoms with Crippen LogP contribution < -0.4 is 0 Å². The van der Waals surface area contributed by atoms with Gasteiger partial charge >= 0.3 is 21.7 Å². The maximum Gasteiger partial charge on any atom is 0.534 e. The minimum absolute atomic E-state index is 0.584. The van der Waals surface area contributed by atoms with Gasteiger partial charge in [-0.15, -0.1) is 0 Å². The fraction of sp³-hybridized carbons (Fsp3) is 0.667. The van der Waals surface area contributed by atoms with Gasteiger partial charge in [0, 0.05) is 0 Å². The third-order valence-corrected chi connectivity index (χ3v) is 3.55. The minimum atomic E-state index is -5.87. The van der Waals surface area contributed by atoms with E-state index in [1.807, 2.05) is 0 Å². The highest BCUT2D eigenvalue weighted by Crippen LogP contribution is 2.29. The fourth-order valence-corrected chi connectivity index (χ4v) is 2.15. The van der Waals surface area contributed by atoms with Gasteiger partial charge in [-0.1, -0.05) is 0 Å². The van der Waals surface area contributed by atoms with Crippen LogP contribution >= 0.6 is 0 Å². The number of carbonyl (C=O) groups excluding carboxylic acids is 2. The summed E-state index contributed by atoms with van der Waals surface area (Å²) in [4.78, 5) is 24.3. The number of amides is 1. The number of carbonyl (C=O) groups is 2. The molecule has 0 spiro atoms. The Morgan fingerprint density at radius 1 is 1.26 bits per heavy atom. The number of rotatable bonds is 3. The zero-order valence-corrected chi connectivity index (χ0v) is 13.6. The number of ketones is 1. The highest BCUT2D eigenvalue weighted by molar-refractivity contribution is 7.87. The zero-order valence-electron chi connectivity index (χ0n) is 12.8. The predicted molar refractivity (Wildman–Crippen MR) is 71.6 cm³/mol. The molecule has 1 aliphatic heterocycles. The number of nitrogens with zero attached hydrogens (tertiary/aromatic N) is 1. The second-order valence-corrected chi connectivity index (χ2v) is 7.32. The molecule has 7 nitrogen and oxygen atoms in total. The van der Waals surface area contributed by atoms with Crippen molar-refractivity contribution < 1.29 is 40.1 Å². The summed E-state index contributed by atoms with van der Waals surface area (Å²) in [7, 11) is -5.87. The number of Topliss-reactive ketones (excluding diaryl/α,β-unsaturated/α-hetero) is 1. The van der Waals surface area contributed by atoms with E-state index < -0.39 is 51.4 Å². The van der Waals surface area contributed by atoms with Crippen LogP contribution in [0.1, 0.15) is 27.7 Å². The van der Waals surface area contributed by atoms with E-state index in [9.17, 15) is 31.2 Å². The van der Waals surface area contributed by atoms with Crippen molar-refractivity contribution in [2.45, 2.75) is 44.8 Å². The summed E-state index contributed by atoms with van der Waals surface area (Å²) >= 11 is 0. The molecule has 0 N–H and O–H groups in total. The molecule has 0 aromatic carbocycles. The van der Waals surface area contributed by atoms with Gasteiger partial charge in [0.2, 0.25) is 0 Å². The van der Waals surface area contributed by atoms with Gasteiger partial charge in [0.05, 0.1) is 6.54 Å². The summed E-state index contributed by atoms with van der Waals surface area (Å²) in [6.45, 7) is 5.14. The van der Waals surface area contributed by atoms with E-state index in [-0.39, 0.29) is 0 Å². The van der Waals surface area contributed by atoms with Crippen LogP contribution in [0.5, 0.6) is 0 Å². The molecule has 0 bridgehead atoms. The summed E-state index contributed by atoms with van der Waals surface area (Å²) in [5.41, 5.74) is -6.51. The minimum Gasteiger partial charge on any atom is -0.444 e. The zero-order chi connectivity index (χ0) is 18.2. The third kappa shape index (κ3) is 4.85. The van der Waals surface area contributed by atoms with Crippen molar-refractivity contribution in [2.24, 2.45) is 0 Å². The molecule has 0 aromatic heterocycles. The molecule has 0 saturated heterocycles. The van der Waals surface area contributed by atoms with Gasteiger partial charge in [-0.3, -0.25) is 9.69 Å². The third-order valence-electron chi connectivity index (χ3n) is 2.55. The molecule has 0 radical (unpaired) electrons. The van der Waals surface area contributed by atoms with Crippen molar-refractivity contribution in [3.63, 3.8) is 0 Å². The average molecular weight is 359 g/mol. The highest BCUT2D eigenvalue weighted by Gasteiger charge is 2.50. The monoisotopic (exact) mass is 359 g/mol. The normalized spacial score (nSPS) is 19.3. The summed E-state index contributed by atoms with van der Waals surface area (Å²) in [6.07, 6.45) is -0.132. The fourth-order valence-electron chi connectivity index (χ4n) is 1.66. The van der Waals surface area contributed by atoms with Crippen LogP contribution in [-0.4, -0.2) is 48.9 Å². The number of hydrogen-bond acceptors (Lipinski definition) is 6. The molecule has 0 aliphatic carbocycles. The topological polar surface area (TPSA) is 90.0 Å². The lowest BCUT2D eigenvalue weighted by atomic mass is 10.2. The smallest absolute Gasteiger partial charge is 0.444 e. The molecule has 0 aromatic rings. The Balaban J connectivity index is 2.98. The Morgan fingerprint density at radius 2 is 1.78 bits per heavy atom. The summed E-state index contributed by atoms with van der Waals surface area (Å²) < 4.78 is 67.9. The quantitative estimate of drug-likeness (QED) is 0.565. The lowest BCUT2D eigenvalue weighted by Gasteiger charge is -2.27. The van der Waals surface area contributed by atoms with Gasteiger partial charge in [0.1, 0.15) is 17.4 Å². The van der Waals surface area contributed by atoms with Gasteiger partial charge in [-0.25, -0.2) is 4.79 Å². The largest absolute Gasteiger partial charge is 0.534 e. The van der Waals surface area contributed by atoms with Gasteiger partial charge < -0.3 is 8.92 Å². The maximum atomic E-state index is 12.3. The van der Waals surface area contributed by atoms with Crippen molar-refractivity contribution in [2.75, 3.05) is 6.54 Å². The van der Waals surface area contributed by atoms with Gasteiger partial charge in [0.15, 0.2) is 5.78 Å². The SMILES string of the molecule is CC(=O)[C@@H]1C=C(OS(=O)(=O)C(F)(F)F)CN1C(=O)OC(C)(C)C. The number of ether oxygens (including phenoxy) is 1. The van der Waals surface area contributed by atoms with Gasteiger partial charge in [-0.05, 0) is 33.8 Å². The molecule has 1 amide bonds. The van der Waals surface area contributed by atoms with E-state index in [2.05, 4.69) is 4.18 Å². The van der Waals surface area contributed by atoms with Gasteiger partial charge in [-0.2, -0.15) is 21.6 Å². The first-order chi connectivity index (χ1) is 10.1. The van der Waals surface area contributed by atoms with Crippen molar-refractivity contribution >= 4 is 22.0 Å². The van der Waals surface area contributed by atoms with Crippen molar-refractivity contribution in [3.05, 3.63) is 11.8 Å². The van der Waals surface area contributed by atoms with E-state index in [4.69, 9.17) is 4.74 Å². The molecule has 0 unspecified atom stereocenters. The Morgan fingerprint density at radius 3 is 2.17 bits per heavy atom. The van der Waals surface area contributed by atoms with Crippen LogP contribution in [0.2, 0.25) is 0 Å². The molecule has 23 heavy (non-hydrogen) atoms. The lowest BCUT2D eigenvalue weighted by Crippen LogP contribution is -2.43. The summed E-state index contributed by atoms with van der Waals surface area (Å²) in [5, 5.41) is 0. The molecule has 1 atom stereocenters. The Labute approximate surface area is 131 Å². The molecular formula is C12H16F3NO6S. The number of alkyl halides is 3. The predicted octanol–water partition coefficient (Wildman–Crippen LogP) is 1.94. The molecule has 132 valence electrons. The van der Waals surface area contributed by atoms with Crippen LogP contribution in [0, 0.1) is 0 Å². The van der Waals surface area contributed by atoms with Crippen LogP contribution in [0.15, 0.2) is 11.8 Å². The molecule has 0 fully saturated rings. The van der Waals surface area contributed by atoms with Crippen molar-refractivity contribution in [1.82, 2.24) is 4.90 Å². The number of halogens is 3. The van der Waals surface area contributed by atoms with Crippen molar-refractivity contribution in [1.29, 1.82) is 0 Å². The van der Waals surface area contributed by atoms with Crippen molar-refractivity contribution in [3.8, 4) is 0 Å². The first-order valence-electron chi connectivity index (χ1n) is 6.35. The standard InChI is InChI=1S/C12H16F3NO6S/c1-7(17)9-5-8(22-23(19,20)12(13,14)15)6-16(9)10(18)21-11(2,3)4/h5,9H,6H2,1-4H3/t9-/m0/s1. The second-order valence-electron chi connectivity index (χ2n) is 5.78. The summed E-state index contributed by atoms with van der Waals surface area (Å²) in [6, 6.07) is -1.26. The van der Waals surface area contributed by atoms with E-state index in [1.165, 1.54) is 0 Å². The second kappa shape index (κ2) is 6.02. The van der Waals surface area contributed by atoms with Crippen LogP contribution in [-0.2, 0) is 23.8 Å². The molecule has 1 aliphatic rings. The molecule has 1 rings (SSSR count). The summed E-state index contributed by atoms with van der Waals surface area (Å²) in [5.74, 6) is -1.26. The Bertz CT molecular complexity index is 632. The number of hydrogen-bond donors (Lipinski definition) is 0. The first-order valence-corrected chi connectivity index (χ1v) is 7.76. The Kier molecular flexibility index (Phi) is 5.04. The van der Waals surface area contributed by atoms with Crippen LogP contribution in [0.4, 0.5) is 18.0 Å². The van der Waals surface area contributed by atoms with E-state index >= 15 is 0 Å². The lowest BCUT2D eigenvalue weighted by molar-refractivity contribution is -0.120. The molecular weight excluding hydrogens is 343 g/mol. The van der Waals surface area contributed by atoms with Crippen LogP contribution in [0.25, 0.3) is 0 Å². The van der Waals surface area contributed by atoms with E-state index in [0.29, 0.717) is 0 Å². The first kappa shape index (κ1) is 19.3. The molecule has 11 heteroatoms. The Hall–Kier alpha value is -1.78. The van der Waals surface area contributed by atoms with Gasteiger partial charge in [0.25, 0.3) is 0 Å². The molecule has 1 heterocycles. The maximum absolute atomic E-state index is 12.3. The average Bonchev–Trinajstić information content (AvgIpc) is 2.68. The van der Waals surface area contributed by atoms with E-state index in [0.717, 1.165) is 17.9 Å². The van der Waals surface area contributed by atoms with E-state index in [1.54, 1.807) is 20.8 Å². The van der Waals surface area contributed by atoms with Crippen LogP contribution in [0.3, 0.4) is 0 Å².